The number of carbonyl (C=O) groups is 1. The number of hydrogen-bond acceptors (Lipinski definition) is 6. The zero-order chi connectivity index (χ0) is 20.8. The molecule has 0 aliphatic rings. The highest BCUT2D eigenvalue weighted by atomic mass is 16.5. The van der Waals surface area contributed by atoms with Gasteiger partial charge in [0.25, 0.3) is 5.91 Å². The van der Waals surface area contributed by atoms with Crippen LogP contribution < -0.4 is 15.0 Å². The van der Waals surface area contributed by atoms with E-state index in [9.17, 15) is 4.79 Å². The van der Waals surface area contributed by atoms with Gasteiger partial charge in [-0.1, -0.05) is 5.16 Å². The quantitative estimate of drug-likeness (QED) is 0.614. The Morgan fingerprint density at radius 1 is 1.14 bits per heavy atom. The smallest absolute Gasteiger partial charge is 0.262 e. The maximum Gasteiger partial charge on any atom is 0.262 e. The third-order valence-corrected chi connectivity index (χ3v) is 4.46. The number of rotatable bonds is 8. The van der Waals surface area contributed by atoms with E-state index >= 15 is 0 Å². The molecule has 7 nitrogen and oxygen atoms in total. The zero-order valence-corrected chi connectivity index (χ0v) is 17.2. The van der Waals surface area contributed by atoms with Crippen LogP contribution in [0.15, 0.2) is 53.1 Å². The highest BCUT2D eigenvalue weighted by Crippen LogP contribution is 2.21. The second-order valence-electron chi connectivity index (χ2n) is 6.92. The maximum absolute atomic E-state index is 12.2. The van der Waals surface area contributed by atoms with E-state index < -0.39 is 0 Å². The standard InChI is InChI=1S/C22H26N4O3/c1-5-26(15(2)3)19-10-8-18(9-11-19)24-21(27)14-28-20-12-6-17(7-13-20)22-23-16(4)29-25-22/h6-13,15H,5,14H2,1-4H3,(H,24,27). The van der Waals surface area contributed by atoms with Gasteiger partial charge in [0.15, 0.2) is 6.61 Å². The molecule has 0 saturated heterocycles. The van der Waals surface area contributed by atoms with Gasteiger partial charge in [0.05, 0.1) is 0 Å². The SMILES string of the molecule is CCN(c1ccc(NC(=O)COc2ccc(-c3noc(C)n3)cc2)cc1)C(C)C. The summed E-state index contributed by atoms with van der Waals surface area (Å²) in [6.45, 7) is 9.05. The molecule has 0 aliphatic heterocycles. The van der Waals surface area contributed by atoms with Crippen LogP contribution in [0.1, 0.15) is 26.7 Å². The van der Waals surface area contributed by atoms with E-state index in [4.69, 9.17) is 9.26 Å². The van der Waals surface area contributed by atoms with Crippen LogP contribution >= 0.6 is 0 Å². The fourth-order valence-electron chi connectivity index (χ4n) is 3.04. The third kappa shape index (κ3) is 5.34. The molecule has 0 aliphatic carbocycles. The zero-order valence-electron chi connectivity index (χ0n) is 17.2. The van der Waals surface area contributed by atoms with Crippen molar-refractivity contribution in [1.82, 2.24) is 10.1 Å². The summed E-state index contributed by atoms with van der Waals surface area (Å²) in [7, 11) is 0. The van der Waals surface area contributed by atoms with Crippen molar-refractivity contribution in [2.24, 2.45) is 0 Å². The molecule has 0 unspecified atom stereocenters. The number of anilines is 2. The Bertz CT molecular complexity index is 933. The molecule has 29 heavy (non-hydrogen) atoms. The lowest BCUT2D eigenvalue weighted by atomic mass is 10.2. The van der Waals surface area contributed by atoms with Gasteiger partial charge in [0, 0.05) is 36.4 Å². The molecule has 0 saturated carbocycles. The van der Waals surface area contributed by atoms with Crippen LogP contribution in [0.3, 0.4) is 0 Å². The van der Waals surface area contributed by atoms with Crippen molar-refractivity contribution in [3.63, 3.8) is 0 Å². The van der Waals surface area contributed by atoms with Crippen LogP contribution in [-0.2, 0) is 4.79 Å². The number of aryl methyl sites for hydroxylation is 1. The second kappa shape index (κ2) is 9.23. The molecule has 2 aromatic carbocycles. The Balaban J connectivity index is 1.52. The number of nitrogens with one attached hydrogen (secondary N) is 1. The summed E-state index contributed by atoms with van der Waals surface area (Å²) in [5.41, 5.74) is 2.69. The number of carbonyl (C=O) groups excluding carboxylic acids is 1. The molecule has 3 rings (SSSR count). The fourth-order valence-corrected chi connectivity index (χ4v) is 3.04. The summed E-state index contributed by atoms with van der Waals surface area (Å²) in [5, 5.41) is 6.73. The van der Waals surface area contributed by atoms with Crippen molar-refractivity contribution in [3.8, 4) is 17.1 Å². The number of amides is 1. The van der Waals surface area contributed by atoms with Gasteiger partial charge in [-0.15, -0.1) is 0 Å². The Morgan fingerprint density at radius 2 is 1.83 bits per heavy atom. The van der Waals surface area contributed by atoms with Crippen molar-refractivity contribution in [1.29, 1.82) is 0 Å². The van der Waals surface area contributed by atoms with E-state index in [1.54, 1.807) is 19.1 Å². The van der Waals surface area contributed by atoms with E-state index in [2.05, 4.69) is 41.1 Å². The van der Waals surface area contributed by atoms with Crippen LogP contribution in [0, 0.1) is 6.92 Å². The average molecular weight is 394 g/mol. The van der Waals surface area contributed by atoms with Gasteiger partial charge in [0.1, 0.15) is 5.75 Å². The molecular weight excluding hydrogens is 368 g/mol. The Labute approximate surface area is 170 Å². The molecule has 0 bridgehead atoms. The highest BCUT2D eigenvalue weighted by Gasteiger charge is 2.10. The number of benzene rings is 2. The first-order chi connectivity index (χ1) is 14.0. The van der Waals surface area contributed by atoms with Crippen molar-refractivity contribution >= 4 is 17.3 Å². The van der Waals surface area contributed by atoms with Crippen LogP contribution in [0.2, 0.25) is 0 Å². The number of ether oxygens (including phenoxy) is 1. The van der Waals surface area contributed by atoms with Gasteiger partial charge >= 0.3 is 0 Å². The van der Waals surface area contributed by atoms with Crippen LogP contribution in [-0.4, -0.2) is 35.2 Å². The van der Waals surface area contributed by atoms with Crippen molar-refractivity contribution in [3.05, 3.63) is 54.4 Å². The van der Waals surface area contributed by atoms with Gasteiger partial charge in [0.2, 0.25) is 11.7 Å². The molecule has 0 radical (unpaired) electrons. The van der Waals surface area contributed by atoms with Gasteiger partial charge in [-0.05, 0) is 69.3 Å². The first-order valence-electron chi connectivity index (χ1n) is 9.66. The number of aromatic nitrogens is 2. The van der Waals surface area contributed by atoms with Gasteiger partial charge in [-0.25, -0.2) is 0 Å². The lowest BCUT2D eigenvalue weighted by Crippen LogP contribution is -2.30. The lowest BCUT2D eigenvalue weighted by Gasteiger charge is -2.27. The van der Waals surface area contributed by atoms with E-state index in [0.29, 0.717) is 23.5 Å². The summed E-state index contributed by atoms with van der Waals surface area (Å²) < 4.78 is 10.5. The molecule has 0 fully saturated rings. The lowest BCUT2D eigenvalue weighted by molar-refractivity contribution is -0.118. The molecule has 1 aromatic heterocycles. The normalized spacial score (nSPS) is 10.8. The van der Waals surface area contributed by atoms with Gasteiger partial charge < -0.3 is 19.5 Å². The monoisotopic (exact) mass is 394 g/mol. The van der Waals surface area contributed by atoms with Crippen LogP contribution in [0.5, 0.6) is 5.75 Å². The molecule has 1 amide bonds. The molecule has 1 heterocycles. The third-order valence-electron chi connectivity index (χ3n) is 4.46. The minimum Gasteiger partial charge on any atom is -0.484 e. The minimum atomic E-state index is -0.216. The van der Waals surface area contributed by atoms with E-state index in [1.807, 2.05) is 36.4 Å². The van der Waals surface area contributed by atoms with E-state index in [0.717, 1.165) is 23.5 Å². The first-order valence-corrected chi connectivity index (χ1v) is 9.66. The largest absolute Gasteiger partial charge is 0.484 e. The summed E-state index contributed by atoms with van der Waals surface area (Å²) in [6.07, 6.45) is 0. The molecule has 0 atom stereocenters. The van der Waals surface area contributed by atoms with Crippen molar-refractivity contribution in [2.45, 2.75) is 33.7 Å². The summed E-state index contributed by atoms with van der Waals surface area (Å²) in [5.74, 6) is 1.41. The van der Waals surface area contributed by atoms with Gasteiger partial charge in [-0.3, -0.25) is 4.79 Å². The Kier molecular flexibility index (Phi) is 6.49. The number of nitrogens with zero attached hydrogens (tertiary/aromatic N) is 3. The van der Waals surface area contributed by atoms with Crippen LogP contribution in [0.25, 0.3) is 11.4 Å². The average Bonchev–Trinajstić information content (AvgIpc) is 3.15. The Hall–Kier alpha value is -3.35. The van der Waals surface area contributed by atoms with Crippen molar-refractivity contribution < 1.29 is 14.1 Å². The Morgan fingerprint density at radius 3 is 2.38 bits per heavy atom. The molecule has 7 heteroatoms. The fraction of sp³-hybridized carbons (Fsp3) is 0.318. The topological polar surface area (TPSA) is 80.5 Å². The maximum atomic E-state index is 12.2. The first kappa shape index (κ1) is 20.4. The van der Waals surface area contributed by atoms with E-state index in [1.165, 1.54) is 0 Å². The minimum absolute atomic E-state index is 0.0739. The molecule has 3 aromatic rings. The predicted molar refractivity (Wildman–Crippen MR) is 113 cm³/mol. The number of hydrogen-bond donors (Lipinski definition) is 1. The van der Waals surface area contributed by atoms with Crippen molar-refractivity contribution in [2.75, 3.05) is 23.4 Å². The summed E-state index contributed by atoms with van der Waals surface area (Å²) in [4.78, 5) is 18.6. The summed E-state index contributed by atoms with van der Waals surface area (Å²) in [6, 6.07) is 15.4. The molecular formula is C22H26N4O3. The van der Waals surface area contributed by atoms with Gasteiger partial charge in [-0.2, -0.15) is 4.98 Å². The second-order valence-corrected chi connectivity index (χ2v) is 6.92. The molecule has 0 spiro atoms. The molecule has 1 N–H and O–H groups in total. The summed E-state index contributed by atoms with van der Waals surface area (Å²) >= 11 is 0. The predicted octanol–water partition coefficient (Wildman–Crippen LogP) is 4.30. The molecule has 152 valence electrons. The van der Waals surface area contributed by atoms with Crippen LogP contribution in [0.4, 0.5) is 11.4 Å². The highest BCUT2D eigenvalue weighted by molar-refractivity contribution is 5.92. The van der Waals surface area contributed by atoms with E-state index in [-0.39, 0.29) is 12.5 Å².